The van der Waals surface area contributed by atoms with Crippen LogP contribution < -0.4 is 5.01 Å². The Morgan fingerprint density at radius 3 is 2.07 bits per heavy atom. The molecule has 0 N–H and O–H groups in total. The lowest BCUT2D eigenvalue weighted by Gasteiger charge is -2.29. The van der Waals surface area contributed by atoms with Crippen LogP contribution in [-0.4, -0.2) is 20.5 Å². The van der Waals surface area contributed by atoms with Crippen LogP contribution in [0.25, 0.3) is 28.5 Å². The summed E-state index contributed by atoms with van der Waals surface area (Å²) in [7, 11) is 0. The number of non-ortho nitro benzene ring substituents is 2. The van der Waals surface area contributed by atoms with Crippen molar-refractivity contribution in [2.75, 3.05) is 5.01 Å². The topological polar surface area (TPSA) is 115 Å². The number of aromatic nitrogens is 1. The van der Waals surface area contributed by atoms with E-state index in [0.29, 0.717) is 0 Å². The molecule has 7 rings (SSSR count). The fraction of sp³-hybridized carbons (Fsp3) is 0.143. The maximum Gasteiger partial charge on any atom is 0.269 e. The molecule has 1 aliphatic carbocycles. The van der Waals surface area contributed by atoms with Crippen molar-refractivity contribution in [2.24, 2.45) is 11.0 Å². The summed E-state index contributed by atoms with van der Waals surface area (Å²) in [6.07, 6.45) is 4.77. The van der Waals surface area contributed by atoms with Gasteiger partial charge in [-0.2, -0.15) is 5.10 Å². The predicted octanol–water partition coefficient (Wildman–Crippen LogP) is 9.09. The van der Waals surface area contributed by atoms with Crippen LogP contribution in [0.1, 0.15) is 36.4 Å². The third-order valence-electron chi connectivity index (χ3n) is 8.37. The normalized spacial score (nSPS) is 18.4. The van der Waals surface area contributed by atoms with E-state index in [1.165, 1.54) is 23.5 Å². The standard InChI is InChI=1S/C35H27N5O4S/c41-39(42)29-17-9-23(10-18-29)21-28-7-4-8-31-33(28)37-38(34(31)27-15-19-30(20-16-27)40(43)44)35-36-32(22-45-35)26-13-11-25(12-14-26)24-5-2-1-3-6-24/h1-3,5-6,9-22,31,34H,4,7-8H2/b28-21+/t31-,34-/m1/s1. The first-order valence-corrected chi connectivity index (χ1v) is 15.5. The molecule has 0 unspecified atom stereocenters. The van der Waals surface area contributed by atoms with Crippen molar-refractivity contribution in [1.82, 2.24) is 4.98 Å². The molecule has 2 atom stereocenters. The van der Waals surface area contributed by atoms with Crippen LogP contribution in [0.15, 0.2) is 119 Å². The van der Waals surface area contributed by atoms with Gasteiger partial charge >= 0.3 is 0 Å². The van der Waals surface area contributed by atoms with Crippen molar-refractivity contribution < 1.29 is 9.85 Å². The summed E-state index contributed by atoms with van der Waals surface area (Å²) >= 11 is 1.52. The molecule has 0 bridgehead atoms. The van der Waals surface area contributed by atoms with Crippen LogP contribution in [0.2, 0.25) is 0 Å². The van der Waals surface area contributed by atoms with E-state index in [-0.39, 0.29) is 28.3 Å². The molecule has 0 spiro atoms. The van der Waals surface area contributed by atoms with Gasteiger partial charge in [0.25, 0.3) is 11.4 Å². The van der Waals surface area contributed by atoms with E-state index in [1.54, 1.807) is 24.3 Å². The van der Waals surface area contributed by atoms with Gasteiger partial charge in [0.05, 0.1) is 27.3 Å². The lowest BCUT2D eigenvalue weighted by Crippen LogP contribution is -2.28. The summed E-state index contributed by atoms with van der Waals surface area (Å²) in [5, 5.41) is 32.4. The number of nitro groups is 2. The number of allylic oxidation sites excluding steroid dienone is 1. The van der Waals surface area contributed by atoms with Crippen molar-refractivity contribution >= 4 is 39.6 Å². The van der Waals surface area contributed by atoms with E-state index < -0.39 is 4.92 Å². The zero-order chi connectivity index (χ0) is 30.9. The minimum absolute atomic E-state index is 0.0438. The molecule has 45 heavy (non-hydrogen) atoms. The highest BCUT2D eigenvalue weighted by atomic mass is 32.1. The van der Waals surface area contributed by atoms with E-state index in [4.69, 9.17) is 10.1 Å². The van der Waals surface area contributed by atoms with E-state index in [0.717, 1.165) is 69.2 Å². The first-order valence-electron chi connectivity index (χ1n) is 14.6. The fourth-order valence-electron chi connectivity index (χ4n) is 6.14. The molecule has 0 radical (unpaired) electrons. The molecule has 1 saturated carbocycles. The van der Waals surface area contributed by atoms with Crippen LogP contribution in [0.3, 0.4) is 0 Å². The average molecular weight is 614 g/mol. The Hall–Kier alpha value is -5.48. The maximum atomic E-state index is 11.4. The van der Waals surface area contributed by atoms with Crippen LogP contribution >= 0.6 is 11.3 Å². The molecule has 5 aromatic rings. The van der Waals surface area contributed by atoms with Gasteiger partial charge in [-0.15, -0.1) is 11.3 Å². The zero-order valence-electron chi connectivity index (χ0n) is 24.0. The van der Waals surface area contributed by atoms with Crippen LogP contribution in [0.4, 0.5) is 16.5 Å². The smallest absolute Gasteiger partial charge is 0.258 e. The Bertz CT molecular complexity index is 1940. The second-order valence-electron chi connectivity index (χ2n) is 11.1. The van der Waals surface area contributed by atoms with Gasteiger partial charge in [-0.1, -0.05) is 66.7 Å². The van der Waals surface area contributed by atoms with Gasteiger partial charge in [0, 0.05) is 41.1 Å². The molecule has 1 fully saturated rings. The van der Waals surface area contributed by atoms with E-state index in [1.807, 2.05) is 40.7 Å². The summed E-state index contributed by atoms with van der Waals surface area (Å²) in [4.78, 5) is 26.8. The molecule has 0 amide bonds. The minimum atomic E-state index is -0.402. The highest BCUT2D eigenvalue weighted by Crippen LogP contribution is 2.47. The molecule has 0 saturated heterocycles. The molecular weight excluding hydrogens is 586 g/mol. The van der Waals surface area contributed by atoms with Gasteiger partial charge in [0.15, 0.2) is 0 Å². The SMILES string of the molecule is O=[N+]([O-])c1ccc(/C=C2\CCC[C@@H]3C2=NN(c2nc(-c4ccc(-c5ccccc5)cc4)cs2)[C@@H]3c2ccc([N+](=O)[O-])cc2)cc1. The quantitative estimate of drug-likeness (QED) is 0.134. The Labute approximate surface area is 263 Å². The summed E-state index contributed by atoms with van der Waals surface area (Å²) in [6.45, 7) is 0. The van der Waals surface area contributed by atoms with Gasteiger partial charge in [0.1, 0.15) is 0 Å². The van der Waals surface area contributed by atoms with Gasteiger partial charge in [-0.05, 0) is 65.3 Å². The first-order chi connectivity index (χ1) is 21.9. The van der Waals surface area contributed by atoms with Crippen molar-refractivity contribution in [1.29, 1.82) is 0 Å². The molecule has 2 aliphatic rings. The van der Waals surface area contributed by atoms with Crippen molar-refractivity contribution in [3.05, 3.63) is 145 Å². The van der Waals surface area contributed by atoms with Crippen LogP contribution in [0, 0.1) is 26.1 Å². The van der Waals surface area contributed by atoms with Crippen molar-refractivity contribution in [3.63, 3.8) is 0 Å². The fourth-order valence-corrected chi connectivity index (χ4v) is 6.96. The number of nitrogens with zero attached hydrogens (tertiary/aromatic N) is 5. The Morgan fingerprint density at radius 1 is 0.778 bits per heavy atom. The molecule has 222 valence electrons. The number of thiazole rings is 1. The van der Waals surface area contributed by atoms with Gasteiger partial charge < -0.3 is 0 Å². The largest absolute Gasteiger partial charge is 0.269 e. The first kappa shape index (κ1) is 28.3. The number of fused-ring (bicyclic) bond motifs is 1. The highest BCUT2D eigenvalue weighted by Gasteiger charge is 2.43. The molecule has 2 heterocycles. The summed E-state index contributed by atoms with van der Waals surface area (Å²) < 4.78 is 0. The third kappa shape index (κ3) is 5.63. The van der Waals surface area contributed by atoms with Crippen molar-refractivity contribution in [2.45, 2.75) is 25.3 Å². The van der Waals surface area contributed by atoms with E-state index in [2.05, 4.69) is 42.5 Å². The number of benzene rings is 4. The average Bonchev–Trinajstić information content (AvgIpc) is 3.72. The van der Waals surface area contributed by atoms with Gasteiger partial charge in [-0.25, -0.2) is 9.99 Å². The number of rotatable bonds is 7. The van der Waals surface area contributed by atoms with Crippen LogP contribution in [0.5, 0.6) is 0 Å². The number of nitro benzene ring substituents is 2. The zero-order valence-corrected chi connectivity index (χ0v) is 24.8. The summed E-state index contributed by atoms with van der Waals surface area (Å²) in [5.41, 5.74) is 8.11. The number of hydrogen-bond donors (Lipinski definition) is 0. The second-order valence-corrected chi connectivity index (χ2v) is 11.9. The van der Waals surface area contributed by atoms with E-state index >= 15 is 0 Å². The third-order valence-corrected chi connectivity index (χ3v) is 9.20. The Morgan fingerprint density at radius 2 is 1.40 bits per heavy atom. The Balaban J connectivity index is 1.24. The highest BCUT2D eigenvalue weighted by molar-refractivity contribution is 7.14. The molecule has 10 heteroatoms. The Kier molecular flexibility index (Phi) is 7.48. The lowest BCUT2D eigenvalue weighted by atomic mass is 9.77. The van der Waals surface area contributed by atoms with Crippen LogP contribution in [-0.2, 0) is 0 Å². The lowest BCUT2D eigenvalue weighted by molar-refractivity contribution is -0.385. The number of anilines is 1. The minimum Gasteiger partial charge on any atom is -0.258 e. The molecular formula is C35H27N5O4S. The van der Waals surface area contributed by atoms with Crippen molar-refractivity contribution in [3.8, 4) is 22.4 Å². The monoisotopic (exact) mass is 613 g/mol. The van der Waals surface area contributed by atoms with E-state index in [9.17, 15) is 20.2 Å². The number of hydrazone groups is 1. The van der Waals surface area contributed by atoms with Gasteiger partial charge in [0.2, 0.25) is 5.13 Å². The predicted molar refractivity (Wildman–Crippen MR) is 177 cm³/mol. The second kappa shape index (κ2) is 11.9. The number of hydrogen-bond acceptors (Lipinski definition) is 8. The summed E-state index contributed by atoms with van der Waals surface area (Å²) in [5.74, 6) is 0.0574. The maximum absolute atomic E-state index is 11.4. The molecule has 1 aliphatic heterocycles. The molecule has 4 aromatic carbocycles. The molecule has 9 nitrogen and oxygen atoms in total. The summed E-state index contributed by atoms with van der Waals surface area (Å²) in [6, 6.07) is 31.7. The molecule has 1 aromatic heterocycles. The van der Waals surface area contributed by atoms with Gasteiger partial charge in [-0.3, -0.25) is 20.2 Å².